The fourth-order valence-corrected chi connectivity index (χ4v) is 2.31. The number of hydrogen-bond acceptors (Lipinski definition) is 5. The molecule has 0 heterocycles. The highest BCUT2D eigenvalue weighted by Gasteiger charge is 2.48. The van der Waals surface area contributed by atoms with Gasteiger partial charge in [0.2, 0.25) is 11.6 Å². The molecule has 2 aliphatic carbocycles. The second-order valence-corrected chi connectivity index (χ2v) is 4.27. The first kappa shape index (κ1) is 16.9. The van der Waals surface area contributed by atoms with Gasteiger partial charge in [-0.3, -0.25) is 14.4 Å². The zero-order valence-corrected chi connectivity index (χ0v) is 10.5. The van der Waals surface area contributed by atoms with Gasteiger partial charge in [0, 0.05) is 18.9 Å². The number of ketones is 3. The largest absolute Gasteiger partial charge is 0.412 e. The Morgan fingerprint density at radius 2 is 1.56 bits per heavy atom. The van der Waals surface area contributed by atoms with Crippen molar-refractivity contribution in [3.8, 4) is 0 Å². The lowest BCUT2D eigenvalue weighted by Gasteiger charge is -2.20. The maximum atomic E-state index is 11.2. The molecule has 2 rings (SSSR count). The molecule has 0 saturated heterocycles. The minimum atomic E-state index is -0.744. The molecule has 6 heteroatoms. The van der Waals surface area contributed by atoms with E-state index in [4.69, 9.17) is 5.11 Å². The average molecular weight is 260 g/mol. The number of ether oxygens (including phenoxy) is 1. The van der Waals surface area contributed by atoms with Crippen LogP contribution in [0.3, 0.4) is 0 Å². The molecule has 0 amide bonds. The molecule has 18 heavy (non-hydrogen) atoms. The van der Waals surface area contributed by atoms with Gasteiger partial charge in [-0.2, -0.15) is 0 Å². The lowest BCUT2D eigenvalue weighted by atomic mass is 9.81. The van der Waals surface area contributed by atoms with Crippen molar-refractivity contribution in [3.63, 3.8) is 0 Å². The third kappa shape index (κ3) is 3.69. The van der Waals surface area contributed by atoms with Gasteiger partial charge in [0.05, 0.1) is 13.2 Å². The van der Waals surface area contributed by atoms with E-state index >= 15 is 0 Å². The summed E-state index contributed by atoms with van der Waals surface area (Å²) in [5.74, 6) is -2.10. The molecule has 0 aromatic rings. The summed E-state index contributed by atoms with van der Waals surface area (Å²) in [5, 5.41) is 7.94. The first-order valence-corrected chi connectivity index (χ1v) is 5.85. The Morgan fingerprint density at radius 3 is 1.83 bits per heavy atom. The molecular formula is C12H20O6. The van der Waals surface area contributed by atoms with Crippen LogP contribution in [0.15, 0.2) is 0 Å². The predicted molar refractivity (Wildman–Crippen MR) is 63.0 cm³/mol. The second-order valence-electron chi connectivity index (χ2n) is 4.27. The van der Waals surface area contributed by atoms with Crippen molar-refractivity contribution in [2.24, 2.45) is 11.8 Å². The first-order valence-electron chi connectivity index (χ1n) is 5.85. The number of rotatable bonds is 2. The highest BCUT2D eigenvalue weighted by Crippen LogP contribution is 2.36. The molecule has 2 aliphatic rings. The van der Waals surface area contributed by atoms with Crippen LogP contribution in [0.25, 0.3) is 0 Å². The number of carbonyl (C=O) groups is 3. The Morgan fingerprint density at radius 1 is 1.11 bits per heavy atom. The lowest BCUT2D eigenvalue weighted by molar-refractivity contribution is -0.141. The van der Waals surface area contributed by atoms with Crippen LogP contribution in [0.2, 0.25) is 0 Å². The van der Waals surface area contributed by atoms with Crippen molar-refractivity contribution in [1.29, 1.82) is 0 Å². The summed E-state index contributed by atoms with van der Waals surface area (Å²) in [6.45, 7) is 0.566. The molecule has 3 N–H and O–H groups in total. The summed E-state index contributed by atoms with van der Waals surface area (Å²) in [6, 6.07) is 0. The van der Waals surface area contributed by atoms with Crippen LogP contribution in [0.5, 0.6) is 0 Å². The normalized spacial score (nSPS) is 26.0. The molecule has 2 saturated carbocycles. The molecule has 2 fully saturated rings. The highest BCUT2D eigenvalue weighted by molar-refractivity contribution is 6.68. The summed E-state index contributed by atoms with van der Waals surface area (Å²) in [7, 11) is 1.55. The summed E-state index contributed by atoms with van der Waals surface area (Å²) in [6.07, 6.45) is 3.43. The molecule has 0 aliphatic heterocycles. The van der Waals surface area contributed by atoms with Crippen LogP contribution >= 0.6 is 0 Å². The van der Waals surface area contributed by atoms with E-state index in [0.29, 0.717) is 6.61 Å². The van der Waals surface area contributed by atoms with E-state index in [0.717, 1.165) is 25.7 Å². The van der Waals surface area contributed by atoms with Crippen LogP contribution in [-0.4, -0.2) is 48.3 Å². The van der Waals surface area contributed by atoms with E-state index in [1.807, 2.05) is 0 Å². The average Bonchev–Trinajstić information content (AvgIpc) is 2.57. The minimum Gasteiger partial charge on any atom is -0.412 e. The Hall–Kier alpha value is -1.11. The van der Waals surface area contributed by atoms with Crippen LogP contribution in [0, 0.1) is 11.8 Å². The van der Waals surface area contributed by atoms with Crippen molar-refractivity contribution >= 4 is 17.3 Å². The molecule has 0 aromatic carbocycles. The molecule has 2 atom stereocenters. The van der Waals surface area contributed by atoms with E-state index in [2.05, 4.69) is 4.74 Å². The number of aliphatic hydroxyl groups excluding tert-OH is 1. The topological polar surface area (TPSA) is 112 Å². The Balaban J connectivity index is 0.000000421. The predicted octanol–water partition coefficient (Wildman–Crippen LogP) is -0.686. The van der Waals surface area contributed by atoms with Crippen molar-refractivity contribution in [3.05, 3.63) is 0 Å². The second kappa shape index (κ2) is 8.07. The fraction of sp³-hybridized carbons (Fsp3) is 0.750. The van der Waals surface area contributed by atoms with Gasteiger partial charge < -0.3 is 15.3 Å². The van der Waals surface area contributed by atoms with E-state index in [1.54, 1.807) is 7.11 Å². The molecule has 2 unspecified atom stereocenters. The highest BCUT2D eigenvalue weighted by atomic mass is 16.5. The standard InChI is InChI=1S/C9H10O3.C3H8O2.H2O/c10-7-5-3-1-2-4-6(5)8(11)9(7)12;1-5-3-2-4;/h5-6H,1-4H2;4H,2-3H2,1H3;1H2. The molecule has 0 spiro atoms. The SMILES string of the molecule is COCCO.O.O=C1C(=O)C2CCCCC2C1=O. The third-order valence-electron chi connectivity index (χ3n) is 3.18. The third-order valence-corrected chi connectivity index (χ3v) is 3.18. The van der Waals surface area contributed by atoms with Crippen LogP contribution in [0.1, 0.15) is 25.7 Å². The van der Waals surface area contributed by atoms with Crippen LogP contribution < -0.4 is 0 Å². The van der Waals surface area contributed by atoms with Gasteiger partial charge in [-0.1, -0.05) is 12.8 Å². The molecular weight excluding hydrogens is 240 g/mol. The van der Waals surface area contributed by atoms with Gasteiger partial charge >= 0.3 is 0 Å². The first-order chi connectivity index (χ1) is 8.13. The van der Waals surface area contributed by atoms with Crippen molar-refractivity contribution in [1.82, 2.24) is 0 Å². The van der Waals surface area contributed by atoms with E-state index in [1.165, 1.54) is 0 Å². The fourth-order valence-electron chi connectivity index (χ4n) is 2.31. The molecule has 6 nitrogen and oxygen atoms in total. The molecule has 0 aromatic heterocycles. The number of methoxy groups -OCH3 is 1. The van der Waals surface area contributed by atoms with Crippen LogP contribution in [0.4, 0.5) is 0 Å². The van der Waals surface area contributed by atoms with E-state index < -0.39 is 17.3 Å². The summed E-state index contributed by atoms with van der Waals surface area (Å²) < 4.78 is 4.44. The van der Waals surface area contributed by atoms with Crippen molar-refractivity contribution in [2.75, 3.05) is 20.3 Å². The van der Waals surface area contributed by atoms with Gasteiger partial charge in [0.1, 0.15) is 0 Å². The maximum Gasteiger partial charge on any atom is 0.264 e. The Bertz CT molecular complexity index is 284. The number of Topliss-reactive ketones (excluding diaryl/α,β-unsaturated/α-hetero) is 3. The monoisotopic (exact) mass is 260 g/mol. The molecule has 104 valence electrons. The van der Waals surface area contributed by atoms with Crippen molar-refractivity contribution in [2.45, 2.75) is 25.7 Å². The summed E-state index contributed by atoms with van der Waals surface area (Å²) in [4.78, 5) is 33.3. The van der Waals surface area contributed by atoms with Crippen LogP contribution in [-0.2, 0) is 19.1 Å². The minimum absolute atomic E-state index is 0. The van der Waals surface area contributed by atoms with Gasteiger partial charge in [0.15, 0.2) is 0 Å². The summed E-state index contributed by atoms with van der Waals surface area (Å²) in [5.41, 5.74) is 0. The van der Waals surface area contributed by atoms with Crippen molar-refractivity contribution < 1.29 is 29.7 Å². The molecule has 0 bridgehead atoms. The van der Waals surface area contributed by atoms with Gasteiger partial charge in [-0.15, -0.1) is 0 Å². The zero-order valence-electron chi connectivity index (χ0n) is 10.5. The number of fused-ring (bicyclic) bond motifs is 1. The smallest absolute Gasteiger partial charge is 0.264 e. The van der Waals surface area contributed by atoms with E-state index in [-0.39, 0.29) is 23.9 Å². The van der Waals surface area contributed by atoms with Gasteiger partial charge in [-0.05, 0) is 12.8 Å². The Kier molecular flexibility index (Phi) is 7.58. The summed E-state index contributed by atoms with van der Waals surface area (Å²) >= 11 is 0. The molecule has 0 radical (unpaired) electrons. The quantitative estimate of drug-likeness (QED) is 0.661. The Labute approximate surface area is 106 Å². The maximum absolute atomic E-state index is 11.2. The lowest BCUT2D eigenvalue weighted by Crippen LogP contribution is -2.21. The number of aliphatic hydroxyl groups is 1. The zero-order chi connectivity index (χ0) is 12.8. The van der Waals surface area contributed by atoms with Gasteiger partial charge in [0.25, 0.3) is 5.78 Å². The number of hydrogen-bond donors (Lipinski definition) is 1. The number of carbonyl (C=O) groups excluding carboxylic acids is 3. The van der Waals surface area contributed by atoms with Gasteiger partial charge in [-0.25, -0.2) is 0 Å². The van der Waals surface area contributed by atoms with E-state index in [9.17, 15) is 14.4 Å².